The smallest absolute Gasteiger partial charge is 0.122 e. The number of nitrogens with two attached hydrogens (primary N) is 1. The van der Waals surface area contributed by atoms with Crippen LogP contribution < -0.4 is 5.73 Å². The lowest BCUT2D eigenvalue weighted by molar-refractivity contribution is 0.123. The molecule has 1 aliphatic carbocycles. The predicted octanol–water partition coefficient (Wildman–Crippen LogP) is 3.74. The normalized spacial score (nSPS) is 18.2. The van der Waals surface area contributed by atoms with Gasteiger partial charge in [0.15, 0.2) is 0 Å². The quantitative estimate of drug-likeness (QED) is 0.578. The number of hydrogen-bond donors (Lipinski definition) is 2. The van der Waals surface area contributed by atoms with Crippen LogP contribution in [0.25, 0.3) is 0 Å². The SMILES string of the molecule is CCOC1C=C(OCc2ccncc2)CCC1=Nc1ccc(C(=N)N)cc1. The Labute approximate surface area is 159 Å². The summed E-state index contributed by atoms with van der Waals surface area (Å²) in [6.45, 7) is 3.09. The first-order valence-electron chi connectivity index (χ1n) is 9.01. The van der Waals surface area contributed by atoms with Crippen molar-refractivity contribution in [3.63, 3.8) is 0 Å². The first-order chi connectivity index (χ1) is 13.2. The Morgan fingerprint density at radius 2 is 1.93 bits per heavy atom. The van der Waals surface area contributed by atoms with Crippen LogP contribution in [-0.2, 0) is 16.1 Å². The molecule has 0 saturated heterocycles. The molecule has 1 heterocycles. The molecule has 6 nitrogen and oxygen atoms in total. The molecule has 0 radical (unpaired) electrons. The van der Waals surface area contributed by atoms with Gasteiger partial charge >= 0.3 is 0 Å². The van der Waals surface area contributed by atoms with Crippen LogP contribution >= 0.6 is 0 Å². The molecule has 0 spiro atoms. The fourth-order valence-electron chi connectivity index (χ4n) is 2.84. The summed E-state index contributed by atoms with van der Waals surface area (Å²) in [5, 5.41) is 7.47. The van der Waals surface area contributed by atoms with Crippen LogP contribution in [0, 0.1) is 5.41 Å². The van der Waals surface area contributed by atoms with Crippen molar-refractivity contribution in [2.75, 3.05) is 6.61 Å². The van der Waals surface area contributed by atoms with Gasteiger partial charge in [0, 0.05) is 31.0 Å². The van der Waals surface area contributed by atoms with Gasteiger partial charge in [-0.2, -0.15) is 0 Å². The molecule has 2 aromatic rings. The van der Waals surface area contributed by atoms with E-state index < -0.39 is 0 Å². The van der Waals surface area contributed by atoms with E-state index in [-0.39, 0.29) is 11.9 Å². The lowest BCUT2D eigenvalue weighted by Gasteiger charge is -2.23. The van der Waals surface area contributed by atoms with Crippen molar-refractivity contribution in [1.29, 1.82) is 5.41 Å². The average molecular weight is 364 g/mol. The third kappa shape index (κ3) is 5.24. The second kappa shape index (κ2) is 9.09. The van der Waals surface area contributed by atoms with E-state index >= 15 is 0 Å². The minimum Gasteiger partial charge on any atom is -0.493 e. The first-order valence-corrected chi connectivity index (χ1v) is 9.01. The Bertz CT molecular complexity index is 829. The summed E-state index contributed by atoms with van der Waals surface area (Å²) in [7, 11) is 0. The van der Waals surface area contributed by atoms with Gasteiger partial charge in [-0.15, -0.1) is 0 Å². The summed E-state index contributed by atoms with van der Waals surface area (Å²) in [6.07, 6.45) is 6.92. The van der Waals surface area contributed by atoms with E-state index in [4.69, 9.17) is 25.6 Å². The summed E-state index contributed by atoms with van der Waals surface area (Å²) in [5.74, 6) is 0.981. The third-order valence-corrected chi connectivity index (χ3v) is 4.26. The molecule has 1 aromatic heterocycles. The van der Waals surface area contributed by atoms with Crippen molar-refractivity contribution in [3.8, 4) is 0 Å². The second-order valence-corrected chi connectivity index (χ2v) is 6.22. The minimum absolute atomic E-state index is 0.0537. The van der Waals surface area contributed by atoms with Gasteiger partial charge in [-0.1, -0.05) is 0 Å². The van der Waals surface area contributed by atoms with Gasteiger partial charge in [-0.05, 0) is 61.4 Å². The van der Waals surface area contributed by atoms with E-state index in [1.165, 1.54) is 0 Å². The predicted molar refractivity (Wildman–Crippen MR) is 106 cm³/mol. The van der Waals surface area contributed by atoms with Crippen molar-refractivity contribution in [1.82, 2.24) is 4.98 Å². The summed E-state index contributed by atoms with van der Waals surface area (Å²) in [4.78, 5) is 8.76. The summed E-state index contributed by atoms with van der Waals surface area (Å²) in [6, 6.07) is 11.2. The first kappa shape index (κ1) is 18.8. The van der Waals surface area contributed by atoms with E-state index in [9.17, 15) is 0 Å². The number of aromatic nitrogens is 1. The van der Waals surface area contributed by atoms with Gasteiger partial charge < -0.3 is 15.2 Å². The van der Waals surface area contributed by atoms with Crippen molar-refractivity contribution < 1.29 is 9.47 Å². The topological polar surface area (TPSA) is 93.6 Å². The third-order valence-electron chi connectivity index (χ3n) is 4.26. The summed E-state index contributed by atoms with van der Waals surface area (Å²) in [5.41, 5.74) is 9.08. The molecule has 27 heavy (non-hydrogen) atoms. The fourth-order valence-corrected chi connectivity index (χ4v) is 2.84. The lowest BCUT2D eigenvalue weighted by atomic mass is 10.0. The molecular weight excluding hydrogens is 340 g/mol. The molecule has 0 fully saturated rings. The number of allylic oxidation sites excluding steroid dienone is 1. The van der Waals surface area contributed by atoms with Gasteiger partial charge in [0.2, 0.25) is 0 Å². The van der Waals surface area contributed by atoms with Crippen LogP contribution in [-0.4, -0.2) is 29.2 Å². The highest BCUT2D eigenvalue weighted by Gasteiger charge is 2.21. The molecule has 140 valence electrons. The van der Waals surface area contributed by atoms with Gasteiger partial charge in [-0.3, -0.25) is 15.4 Å². The Kier molecular flexibility index (Phi) is 6.33. The highest BCUT2D eigenvalue weighted by atomic mass is 16.5. The zero-order chi connectivity index (χ0) is 19.1. The monoisotopic (exact) mass is 364 g/mol. The number of benzene rings is 1. The number of amidine groups is 1. The molecule has 6 heteroatoms. The molecule has 0 aliphatic heterocycles. The Morgan fingerprint density at radius 3 is 2.59 bits per heavy atom. The number of hydrogen-bond acceptors (Lipinski definition) is 5. The molecule has 1 aliphatic rings. The molecule has 0 amide bonds. The number of aliphatic imine (C=N–C) groups is 1. The molecule has 1 aromatic carbocycles. The van der Waals surface area contributed by atoms with Crippen LogP contribution in [0.2, 0.25) is 0 Å². The number of nitrogen functional groups attached to an aromatic ring is 1. The average Bonchev–Trinajstić information content (AvgIpc) is 2.69. The summed E-state index contributed by atoms with van der Waals surface area (Å²) < 4.78 is 11.8. The molecular formula is C21H24N4O2. The van der Waals surface area contributed by atoms with Gasteiger partial charge in [0.05, 0.1) is 17.2 Å². The molecule has 0 saturated carbocycles. The molecule has 1 atom stereocenters. The number of pyridine rings is 1. The van der Waals surface area contributed by atoms with Gasteiger partial charge in [0.1, 0.15) is 18.5 Å². The van der Waals surface area contributed by atoms with Crippen LogP contribution in [0.15, 0.2) is 65.6 Å². The van der Waals surface area contributed by atoms with Gasteiger partial charge in [-0.25, -0.2) is 0 Å². The Hall–Kier alpha value is -2.99. The molecule has 3 rings (SSSR count). The molecule has 3 N–H and O–H groups in total. The lowest BCUT2D eigenvalue weighted by Crippen LogP contribution is -2.26. The van der Waals surface area contributed by atoms with E-state index in [0.29, 0.717) is 18.8 Å². The van der Waals surface area contributed by atoms with Crippen molar-refractivity contribution >= 4 is 17.2 Å². The summed E-state index contributed by atoms with van der Waals surface area (Å²) >= 11 is 0. The zero-order valence-electron chi connectivity index (χ0n) is 15.4. The van der Waals surface area contributed by atoms with E-state index in [0.717, 1.165) is 35.6 Å². The Balaban J connectivity index is 1.71. The minimum atomic E-state index is -0.191. The van der Waals surface area contributed by atoms with Gasteiger partial charge in [0.25, 0.3) is 0 Å². The van der Waals surface area contributed by atoms with E-state index in [1.54, 1.807) is 24.5 Å². The molecule has 0 bridgehead atoms. The maximum absolute atomic E-state index is 7.47. The second-order valence-electron chi connectivity index (χ2n) is 6.22. The Morgan fingerprint density at radius 1 is 1.19 bits per heavy atom. The standard InChI is InChI=1S/C21H24N4O2/c1-2-26-20-13-18(27-14-15-9-11-24-12-10-15)7-8-19(20)25-17-5-3-16(4-6-17)21(22)23/h3-6,9-13,20H,2,7-8,14H2,1H3,(H3,22,23). The maximum Gasteiger partial charge on any atom is 0.122 e. The number of ether oxygens (including phenoxy) is 2. The zero-order valence-corrected chi connectivity index (χ0v) is 15.4. The van der Waals surface area contributed by atoms with E-state index in [1.807, 2.05) is 37.3 Å². The maximum atomic E-state index is 7.47. The number of nitrogens with zero attached hydrogens (tertiary/aromatic N) is 2. The largest absolute Gasteiger partial charge is 0.493 e. The highest BCUT2D eigenvalue weighted by molar-refractivity contribution is 5.96. The highest BCUT2D eigenvalue weighted by Crippen LogP contribution is 2.24. The fraction of sp³-hybridized carbons (Fsp3) is 0.286. The number of nitrogens with one attached hydrogen (secondary N) is 1. The van der Waals surface area contributed by atoms with Crippen LogP contribution in [0.5, 0.6) is 0 Å². The van der Waals surface area contributed by atoms with Crippen molar-refractivity contribution in [2.45, 2.75) is 32.5 Å². The van der Waals surface area contributed by atoms with E-state index in [2.05, 4.69) is 4.98 Å². The van der Waals surface area contributed by atoms with Crippen LogP contribution in [0.3, 0.4) is 0 Å². The van der Waals surface area contributed by atoms with Crippen molar-refractivity contribution in [2.24, 2.45) is 10.7 Å². The van der Waals surface area contributed by atoms with Crippen molar-refractivity contribution in [3.05, 3.63) is 71.8 Å². The number of rotatable bonds is 7. The van der Waals surface area contributed by atoms with Crippen LogP contribution in [0.4, 0.5) is 5.69 Å². The molecule has 1 unspecified atom stereocenters. The van der Waals surface area contributed by atoms with Crippen LogP contribution in [0.1, 0.15) is 30.9 Å².